The Bertz CT molecular complexity index is 395. The Morgan fingerprint density at radius 2 is 1.81 bits per heavy atom. The molecular formula is C14H30ClN3O2S. The van der Waals surface area contributed by atoms with E-state index < -0.39 is 10.0 Å². The van der Waals surface area contributed by atoms with Crippen molar-refractivity contribution in [2.45, 2.75) is 25.8 Å². The van der Waals surface area contributed by atoms with Gasteiger partial charge >= 0.3 is 0 Å². The summed E-state index contributed by atoms with van der Waals surface area (Å²) in [5.74, 6) is 0.523. The van der Waals surface area contributed by atoms with Crippen molar-refractivity contribution in [2.24, 2.45) is 5.92 Å². The lowest BCUT2D eigenvalue weighted by molar-refractivity contribution is 0.175. The van der Waals surface area contributed by atoms with Crippen LogP contribution in [0.5, 0.6) is 0 Å². The molecule has 0 aromatic heterocycles. The minimum Gasteiger partial charge on any atom is -0.308 e. The molecule has 1 fully saturated rings. The molecule has 5 nitrogen and oxygen atoms in total. The Morgan fingerprint density at radius 3 is 2.29 bits per heavy atom. The summed E-state index contributed by atoms with van der Waals surface area (Å²) in [6.45, 7) is 5.14. The molecule has 1 aliphatic heterocycles. The van der Waals surface area contributed by atoms with Crippen LogP contribution in [0, 0.1) is 5.92 Å². The van der Waals surface area contributed by atoms with Crippen LogP contribution in [0.2, 0.25) is 0 Å². The second-order valence-corrected chi connectivity index (χ2v) is 8.76. The number of sulfonamides is 1. The normalized spacial score (nSPS) is 20.3. The van der Waals surface area contributed by atoms with Crippen molar-refractivity contribution in [3.63, 3.8) is 0 Å². The van der Waals surface area contributed by atoms with E-state index in [9.17, 15) is 8.42 Å². The maximum atomic E-state index is 12.7. The molecule has 0 amide bonds. The van der Waals surface area contributed by atoms with Crippen LogP contribution >= 0.6 is 11.6 Å². The van der Waals surface area contributed by atoms with Gasteiger partial charge in [-0.05, 0) is 53.0 Å². The maximum absolute atomic E-state index is 12.7. The molecule has 1 atom stereocenters. The minimum atomic E-state index is -3.24. The van der Waals surface area contributed by atoms with Gasteiger partial charge in [0.25, 0.3) is 0 Å². The highest BCUT2D eigenvalue weighted by Gasteiger charge is 2.32. The summed E-state index contributed by atoms with van der Waals surface area (Å²) in [6, 6.07) is 0.133. The predicted octanol–water partition coefficient (Wildman–Crippen LogP) is 1.15. The van der Waals surface area contributed by atoms with E-state index in [0.29, 0.717) is 12.4 Å². The number of rotatable bonds is 8. The summed E-state index contributed by atoms with van der Waals surface area (Å²) in [4.78, 5) is 4.29. The van der Waals surface area contributed by atoms with Crippen molar-refractivity contribution in [1.82, 2.24) is 14.1 Å². The van der Waals surface area contributed by atoms with Gasteiger partial charge in [-0.2, -0.15) is 4.31 Å². The number of alkyl halides is 1. The molecule has 1 rings (SSSR count). The highest BCUT2D eigenvalue weighted by molar-refractivity contribution is 7.89. The minimum absolute atomic E-state index is 0.00946. The molecule has 0 aromatic carbocycles. The molecule has 1 heterocycles. The van der Waals surface area contributed by atoms with Crippen LogP contribution in [0.4, 0.5) is 0 Å². The van der Waals surface area contributed by atoms with Gasteiger partial charge in [0.1, 0.15) is 0 Å². The van der Waals surface area contributed by atoms with Gasteiger partial charge in [-0.1, -0.05) is 6.92 Å². The molecule has 21 heavy (non-hydrogen) atoms. The fourth-order valence-corrected chi connectivity index (χ4v) is 4.92. The van der Waals surface area contributed by atoms with Crippen LogP contribution in [0.15, 0.2) is 0 Å². The molecule has 0 aliphatic carbocycles. The second-order valence-electron chi connectivity index (χ2n) is 6.49. The van der Waals surface area contributed by atoms with Crippen molar-refractivity contribution in [3.8, 4) is 0 Å². The lowest BCUT2D eigenvalue weighted by Crippen LogP contribution is -2.49. The Balaban J connectivity index is 2.80. The molecule has 0 aromatic rings. The summed E-state index contributed by atoms with van der Waals surface area (Å²) >= 11 is 5.80. The molecule has 0 radical (unpaired) electrons. The van der Waals surface area contributed by atoms with Crippen molar-refractivity contribution >= 4 is 21.6 Å². The first-order chi connectivity index (χ1) is 9.76. The zero-order valence-electron chi connectivity index (χ0n) is 13.8. The number of likely N-dealkylation sites (N-methyl/N-ethyl adjacent to an activating group) is 1. The zero-order chi connectivity index (χ0) is 16.0. The van der Waals surface area contributed by atoms with Gasteiger partial charge in [-0.25, -0.2) is 8.42 Å². The second kappa shape index (κ2) is 8.67. The lowest BCUT2D eigenvalue weighted by Gasteiger charge is -2.37. The molecular weight excluding hydrogens is 310 g/mol. The van der Waals surface area contributed by atoms with Gasteiger partial charge in [0.05, 0.1) is 5.75 Å². The largest absolute Gasteiger partial charge is 0.308 e. The van der Waals surface area contributed by atoms with Crippen molar-refractivity contribution in [1.29, 1.82) is 0 Å². The van der Waals surface area contributed by atoms with Gasteiger partial charge in [-0.3, -0.25) is 0 Å². The van der Waals surface area contributed by atoms with Crippen LogP contribution in [-0.4, -0.2) is 87.5 Å². The van der Waals surface area contributed by atoms with E-state index in [0.717, 1.165) is 32.5 Å². The summed E-state index contributed by atoms with van der Waals surface area (Å²) in [5, 5.41) is 0. The van der Waals surface area contributed by atoms with Gasteiger partial charge in [0, 0.05) is 25.0 Å². The third-order valence-corrected chi connectivity index (χ3v) is 6.69. The number of hydrogen-bond acceptors (Lipinski definition) is 4. The van der Waals surface area contributed by atoms with Crippen LogP contribution in [0.25, 0.3) is 0 Å². The van der Waals surface area contributed by atoms with E-state index in [-0.39, 0.29) is 17.7 Å². The molecule has 0 saturated carbocycles. The monoisotopic (exact) mass is 339 g/mol. The Labute approximate surface area is 135 Å². The van der Waals surface area contributed by atoms with Crippen LogP contribution in [0.3, 0.4) is 0 Å². The third kappa shape index (κ3) is 6.40. The SMILES string of the molecule is CC(CCl)CS(=O)(=O)N(CCN(C)C)C1CCN(C)CC1. The number of nitrogens with zero attached hydrogens (tertiary/aromatic N) is 3. The first kappa shape index (κ1) is 19.2. The summed E-state index contributed by atoms with van der Waals surface area (Å²) < 4.78 is 27.2. The van der Waals surface area contributed by atoms with Gasteiger partial charge in [0.2, 0.25) is 10.0 Å². The highest BCUT2D eigenvalue weighted by atomic mass is 35.5. The molecule has 1 saturated heterocycles. The Hall–Kier alpha value is 0.120. The summed E-state index contributed by atoms with van der Waals surface area (Å²) in [6.07, 6.45) is 1.83. The molecule has 7 heteroatoms. The standard InChI is InChI=1S/C14H30ClN3O2S/c1-13(11-15)12-21(19,20)18(10-9-16(2)3)14-5-7-17(4)8-6-14/h13-14H,5-12H2,1-4H3. The van der Waals surface area contributed by atoms with E-state index in [2.05, 4.69) is 11.9 Å². The molecule has 1 aliphatic rings. The van der Waals surface area contributed by atoms with Crippen molar-refractivity contribution in [3.05, 3.63) is 0 Å². The summed E-state index contributed by atoms with van der Waals surface area (Å²) in [5.41, 5.74) is 0. The van der Waals surface area contributed by atoms with Gasteiger partial charge in [0.15, 0.2) is 0 Å². The number of piperidine rings is 1. The van der Waals surface area contributed by atoms with E-state index in [1.54, 1.807) is 4.31 Å². The first-order valence-corrected chi connectivity index (χ1v) is 9.79. The van der Waals surface area contributed by atoms with E-state index in [4.69, 9.17) is 11.6 Å². The molecule has 1 unspecified atom stereocenters. The maximum Gasteiger partial charge on any atom is 0.214 e. The van der Waals surface area contributed by atoms with Crippen molar-refractivity contribution in [2.75, 3.05) is 59.0 Å². The van der Waals surface area contributed by atoms with E-state index >= 15 is 0 Å². The number of likely N-dealkylation sites (tertiary alicyclic amines) is 1. The lowest BCUT2D eigenvalue weighted by atomic mass is 10.1. The molecule has 0 N–H and O–H groups in total. The van der Waals surface area contributed by atoms with Crippen LogP contribution in [0.1, 0.15) is 19.8 Å². The zero-order valence-corrected chi connectivity index (χ0v) is 15.3. The van der Waals surface area contributed by atoms with E-state index in [1.807, 2.05) is 25.9 Å². The fourth-order valence-electron chi connectivity index (χ4n) is 2.63. The Morgan fingerprint density at radius 1 is 1.24 bits per heavy atom. The van der Waals surface area contributed by atoms with Gasteiger partial charge < -0.3 is 9.80 Å². The first-order valence-electron chi connectivity index (χ1n) is 7.65. The van der Waals surface area contributed by atoms with Crippen LogP contribution < -0.4 is 0 Å². The van der Waals surface area contributed by atoms with Gasteiger partial charge in [-0.15, -0.1) is 11.6 Å². The topological polar surface area (TPSA) is 43.9 Å². The average Bonchev–Trinajstić information content (AvgIpc) is 2.39. The van der Waals surface area contributed by atoms with Crippen LogP contribution in [-0.2, 0) is 10.0 Å². The predicted molar refractivity (Wildman–Crippen MR) is 89.4 cm³/mol. The molecule has 126 valence electrons. The Kier molecular flexibility index (Phi) is 7.92. The average molecular weight is 340 g/mol. The van der Waals surface area contributed by atoms with Crippen molar-refractivity contribution < 1.29 is 8.42 Å². The summed E-state index contributed by atoms with van der Waals surface area (Å²) in [7, 11) is 2.79. The van der Waals surface area contributed by atoms with E-state index in [1.165, 1.54) is 0 Å². The third-order valence-electron chi connectivity index (χ3n) is 3.98. The highest BCUT2D eigenvalue weighted by Crippen LogP contribution is 2.20. The quantitative estimate of drug-likeness (QED) is 0.622. The molecule has 0 spiro atoms. The number of halogens is 1. The smallest absolute Gasteiger partial charge is 0.214 e. The fraction of sp³-hybridized carbons (Fsp3) is 1.00. The number of hydrogen-bond donors (Lipinski definition) is 0. The molecule has 0 bridgehead atoms.